The van der Waals surface area contributed by atoms with Crippen LogP contribution in [0.1, 0.15) is 16.7 Å². The molecule has 0 atom stereocenters. The average molecular weight is 649 g/mol. The maximum atomic E-state index is 9.92. The zero-order valence-corrected chi connectivity index (χ0v) is 26.9. The Morgan fingerprint density at radius 2 is 1.02 bits per heavy atom. The standard InChI is InChI=1S/C43H20N8/c1-25-16-27(24-45)18-28(17-25)32-10-15-41(50-37-11-6-26(23-44)19-33(37)34-20-29(46-2)7-12-38(34)50)42(49-5)43(32)51-39-13-8-30(47-3)21-35(39)36-22-31(48-4)9-14-40(36)51/h6-22H,1H3. The van der Waals surface area contributed by atoms with Gasteiger partial charge in [-0.2, -0.15) is 10.5 Å². The summed E-state index contributed by atoms with van der Waals surface area (Å²) in [6, 6.07) is 35.7. The fourth-order valence-electron chi connectivity index (χ4n) is 7.11. The molecule has 8 aromatic rings. The summed E-state index contributed by atoms with van der Waals surface area (Å²) in [5, 5.41) is 22.8. The Hall–Kier alpha value is -8.14. The topological polar surface area (TPSA) is 74.9 Å². The molecule has 51 heavy (non-hydrogen) atoms. The molecule has 0 N–H and O–H groups in total. The van der Waals surface area contributed by atoms with E-state index >= 15 is 0 Å². The monoisotopic (exact) mass is 648 g/mol. The fourth-order valence-corrected chi connectivity index (χ4v) is 7.11. The SMILES string of the molecule is [C-]#[N+]c1ccc2c(c1)c1cc(C#N)ccc1n2-c1ccc(-c2cc(C)cc(C#N)c2)c(-n2c3ccc([N+]#[C-])cc3c3cc([N+]#[C-])ccc32)c1[N+]#[C-]. The molecular formula is C43H20N8. The van der Waals surface area contributed by atoms with Crippen LogP contribution in [-0.4, -0.2) is 9.13 Å². The van der Waals surface area contributed by atoms with E-state index in [0.717, 1.165) is 60.3 Å². The van der Waals surface area contributed by atoms with Gasteiger partial charge >= 0.3 is 0 Å². The van der Waals surface area contributed by atoms with Crippen molar-refractivity contribution in [2.75, 3.05) is 0 Å². The van der Waals surface area contributed by atoms with Crippen LogP contribution in [0.5, 0.6) is 0 Å². The van der Waals surface area contributed by atoms with Gasteiger partial charge in [0.05, 0.1) is 83.0 Å². The highest BCUT2D eigenvalue weighted by atomic mass is 15.1. The molecule has 0 saturated heterocycles. The molecule has 8 nitrogen and oxygen atoms in total. The first-order chi connectivity index (χ1) is 24.9. The molecular weight excluding hydrogens is 629 g/mol. The minimum atomic E-state index is 0.326. The molecule has 8 rings (SSSR count). The zero-order chi connectivity index (χ0) is 35.4. The Labute approximate surface area is 292 Å². The number of rotatable bonds is 3. The summed E-state index contributed by atoms with van der Waals surface area (Å²) in [6.45, 7) is 33.8. The third-order valence-electron chi connectivity index (χ3n) is 9.22. The van der Waals surface area contributed by atoms with E-state index in [-0.39, 0.29) is 0 Å². The van der Waals surface area contributed by atoms with Crippen LogP contribution in [0.4, 0.5) is 22.7 Å². The molecule has 2 aromatic heterocycles. The smallest absolute Gasteiger partial charge is 0.234 e. The molecule has 0 bridgehead atoms. The highest BCUT2D eigenvalue weighted by Gasteiger charge is 2.25. The maximum absolute atomic E-state index is 9.92. The first-order valence-electron chi connectivity index (χ1n) is 15.7. The fraction of sp³-hybridized carbons (Fsp3) is 0.0233. The van der Waals surface area contributed by atoms with Crippen LogP contribution in [0.2, 0.25) is 0 Å². The summed E-state index contributed by atoms with van der Waals surface area (Å²) >= 11 is 0. The van der Waals surface area contributed by atoms with Gasteiger partial charge in [-0.05, 0) is 113 Å². The van der Waals surface area contributed by atoms with E-state index in [1.165, 1.54) is 0 Å². The highest BCUT2D eigenvalue weighted by Crippen LogP contribution is 2.47. The Bertz CT molecular complexity index is 2970. The number of nitrogens with zero attached hydrogens (tertiary/aromatic N) is 8. The van der Waals surface area contributed by atoms with Gasteiger partial charge in [-0.25, -0.2) is 19.4 Å². The molecule has 0 aliphatic carbocycles. The Kier molecular flexibility index (Phi) is 6.83. The van der Waals surface area contributed by atoms with E-state index in [1.807, 2.05) is 94.9 Å². The summed E-state index contributed by atoms with van der Waals surface area (Å²) in [5.41, 5.74) is 9.21. The van der Waals surface area contributed by atoms with Crippen molar-refractivity contribution < 1.29 is 0 Å². The molecule has 8 heteroatoms. The number of hydrogen-bond donors (Lipinski definition) is 0. The van der Waals surface area contributed by atoms with Gasteiger partial charge in [0, 0.05) is 5.39 Å². The summed E-state index contributed by atoms with van der Waals surface area (Å²) < 4.78 is 4.02. The summed E-state index contributed by atoms with van der Waals surface area (Å²) in [7, 11) is 0. The summed E-state index contributed by atoms with van der Waals surface area (Å²) in [5.74, 6) is 0. The van der Waals surface area contributed by atoms with E-state index in [1.54, 1.807) is 24.3 Å². The summed E-state index contributed by atoms with van der Waals surface area (Å²) in [6.07, 6.45) is 0. The molecule has 0 saturated carbocycles. The minimum Gasteiger partial charge on any atom is -0.319 e. The molecule has 232 valence electrons. The Morgan fingerprint density at radius 1 is 0.510 bits per heavy atom. The van der Waals surface area contributed by atoms with Crippen molar-refractivity contribution in [3.05, 3.63) is 165 Å². The lowest BCUT2D eigenvalue weighted by molar-refractivity contribution is 1.14. The Balaban J connectivity index is 1.58. The van der Waals surface area contributed by atoms with Gasteiger partial charge in [0.1, 0.15) is 0 Å². The number of hydrogen-bond acceptors (Lipinski definition) is 2. The summed E-state index contributed by atoms with van der Waals surface area (Å²) in [4.78, 5) is 15.2. The first kappa shape index (κ1) is 30.2. The van der Waals surface area contributed by atoms with Crippen molar-refractivity contribution in [1.29, 1.82) is 10.5 Å². The lowest BCUT2D eigenvalue weighted by atomic mass is 9.97. The molecule has 0 radical (unpaired) electrons. The number of benzene rings is 6. The third-order valence-corrected chi connectivity index (χ3v) is 9.22. The van der Waals surface area contributed by atoms with Crippen LogP contribution in [0.25, 0.3) is 85.5 Å². The molecule has 2 heterocycles. The van der Waals surface area contributed by atoms with Crippen LogP contribution in [0.3, 0.4) is 0 Å². The van der Waals surface area contributed by atoms with Crippen molar-refractivity contribution in [3.63, 3.8) is 0 Å². The highest BCUT2D eigenvalue weighted by molar-refractivity contribution is 6.14. The van der Waals surface area contributed by atoms with Gasteiger partial charge in [0.25, 0.3) is 0 Å². The number of aryl methyl sites for hydroxylation is 1. The third kappa shape index (κ3) is 4.55. The zero-order valence-electron chi connectivity index (χ0n) is 26.9. The van der Waals surface area contributed by atoms with Crippen LogP contribution >= 0.6 is 0 Å². The molecule has 0 aliphatic rings. The quantitative estimate of drug-likeness (QED) is 0.179. The second-order valence-electron chi connectivity index (χ2n) is 12.1. The lowest BCUT2D eigenvalue weighted by Crippen LogP contribution is -2.03. The second kappa shape index (κ2) is 11.5. The Morgan fingerprint density at radius 3 is 1.53 bits per heavy atom. The largest absolute Gasteiger partial charge is 0.319 e. The van der Waals surface area contributed by atoms with Crippen molar-refractivity contribution >= 4 is 66.4 Å². The van der Waals surface area contributed by atoms with Crippen LogP contribution in [0.15, 0.2) is 103 Å². The van der Waals surface area contributed by atoms with Gasteiger partial charge in [0.2, 0.25) is 5.69 Å². The predicted molar refractivity (Wildman–Crippen MR) is 200 cm³/mol. The van der Waals surface area contributed by atoms with E-state index in [9.17, 15) is 10.5 Å². The van der Waals surface area contributed by atoms with Crippen LogP contribution in [0, 0.1) is 55.9 Å². The van der Waals surface area contributed by atoms with Gasteiger partial charge in [-0.1, -0.05) is 30.3 Å². The van der Waals surface area contributed by atoms with E-state index < -0.39 is 0 Å². The molecule has 0 amide bonds. The van der Waals surface area contributed by atoms with Crippen molar-refractivity contribution in [1.82, 2.24) is 9.13 Å². The van der Waals surface area contributed by atoms with Crippen LogP contribution < -0.4 is 0 Å². The number of nitriles is 2. The molecule has 6 aromatic carbocycles. The molecule has 0 unspecified atom stereocenters. The maximum Gasteiger partial charge on any atom is 0.234 e. The van der Waals surface area contributed by atoms with E-state index in [4.69, 9.17) is 26.3 Å². The van der Waals surface area contributed by atoms with Crippen LogP contribution in [-0.2, 0) is 0 Å². The van der Waals surface area contributed by atoms with Crippen molar-refractivity contribution in [2.45, 2.75) is 6.92 Å². The van der Waals surface area contributed by atoms with Gasteiger partial charge in [-0.15, -0.1) is 0 Å². The predicted octanol–water partition coefficient (Wildman–Crippen LogP) is 11.8. The van der Waals surface area contributed by atoms with Gasteiger partial charge < -0.3 is 9.13 Å². The molecule has 0 spiro atoms. The van der Waals surface area contributed by atoms with Crippen molar-refractivity contribution in [3.8, 4) is 34.6 Å². The normalized spacial score (nSPS) is 10.7. The van der Waals surface area contributed by atoms with Gasteiger partial charge in [-0.3, -0.25) is 0 Å². The van der Waals surface area contributed by atoms with E-state index in [0.29, 0.717) is 45.3 Å². The van der Waals surface area contributed by atoms with Crippen molar-refractivity contribution in [2.24, 2.45) is 0 Å². The van der Waals surface area contributed by atoms with E-state index in [2.05, 4.69) is 31.5 Å². The first-order valence-corrected chi connectivity index (χ1v) is 15.7. The number of fused-ring (bicyclic) bond motifs is 6. The minimum absolute atomic E-state index is 0.326. The van der Waals surface area contributed by atoms with Gasteiger partial charge in [0.15, 0.2) is 17.1 Å². The lowest BCUT2D eigenvalue weighted by Gasteiger charge is -2.20. The molecule has 0 aliphatic heterocycles. The second-order valence-corrected chi connectivity index (χ2v) is 12.1. The number of aromatic nitrogens is 2. The molecule has 0 fully saturated rings. The average Bonchev–Trinajstić information content (AvgIpc) is 3.67.